The molecule has 0 aromatic heterocycles. The van der Waals surface area contributed by atoms with Gasteiger partial charge in [-0.15, -0.1) is 0 Å². The Bertz CT molecular complexity index is 454. The summed E-state index contributed by atoms with van der Waals surface area (Å²) in [6.07, 6.45) is 1.16. The van der Waals surface area contributed by atoms with Gasteiger partial charge >= 0.3 is 0 Å². The molecule has 1 heterocycles. The fraction of sp³-hybridized carbons (Fsp3) is 0.250. The molecule has 2 rings (SSSR count). The summed E-state index contributed by atoms with van der Waals surface area (Å²) >= 11 is 0. The Morgan fingerprint density at radius 3 is 3.13 bits per heavy atom. The highest BCUT2D eigenvalue weighted by Gasteiger charge is 2.16. The van der Waals surface area contributed by atoms with E-state index in [1.54, 1.807) is 0 Å². The Morgan fingerprint density at radius 1 is 1.47 bits per heavy atom. The van der Waals surface area contributed by atoms with E-state index in [0.29, 0.717) is 19.4 Å². The Labute approximate surface area is 88.7 Å². The van der Waals surface area contributed by atoms with Gasteiger partial charge in [0.25, 0.3) is 0 Å². The molecule has 3 heteroatoms. The molecule has 0 radical (unpaired) electrons. The highest BCUT2D eigenvalue weighted by atomic mass is 16.1. The van der Waals surface area contributed by atoms with E-state index in [4.69, 9.17) is 5.73 Å². The van der Waals surface area contributed by atoms with E-state index in [1.807, 2.05) is 18.2 Å². The molecule has 0 saturated carbocycles. The van der Waals surface area contributed by atoms with Gasteiger partial charge in [-0.1, -0.05) is 11.8 Å². The predicted octanol–water partition coefficient (Wildman–Crippen LogP) is 0.882. The third-order valence-corrected chi connectivity index (χ3v) is 2.23. The van der Waals surface area contributed by atoms with Crippen LogP contribution in [0.5, 0.6) is 0 Å². The topological polar surface area (TPSA) is 55.1 Å². The summed E-state index contributed by atoms with van der Waals surface area (Å²) < 4.78 is 0. The number of hydrogen-bond donors (Lipinski definition) is 2. The van der Waals surface area contributed by atoms with Gasteiger partial charge in [-0.05, 0) is 23.8 Å². The molecular formula is C12H12N2O. The molecule has 0 aliphatic carbocycles. The first-order valence-electron chi connectivity index (χ1n) is 4.91. The number of nitrogens with one attached hydrogen (secondary N) is 1. The molecule has 0 spiro atoms. The second-order valence-electron chi connectivity index (χ2n) is 3.44. The average Bonchev–Trinajstić information content (AvgIpc) is 2.57. The van der Waals surface area contributed by atoms with Crippen LogP contribution in [-0.2, 0) is 11.2 Å². The van der Waals surface area contributed by atoms with Gasteiger partial charge < -0.3 is 11.1 Å². The van der Waals surface area contributed by atoms with Crippen LogP contribution in [0.4, 0.5) is 5.69 Å². The Morgan fingerprint density at radius 2 is 2.33 bits per heavy atom. The molecule has 0 bridgehead atoms. The smallest absolute Gasteiger partial charge is 0.228 e. The van der Waals surface area contributed by atoms with Crippen molar-refractivity contribution in [1.29, 1.82) is 0 Å². The monoisotopic (exact) mass is 200 g/mol. The second kappa shape index (κ2) is 4.16. The van der Waals surface area contributed by atoms with E-state index in [-0.39, 0.29) is 5.91 Å². The number of benzene rings is 1. The van der Waals surface area contributed by atoms with Gasteiger partial charge in [-0.2, -0.15) is 0 Å². The highest BCUT2D eigenvalue weighted by molar-refractivity contribution is 5.99. The molecule has 0 saturated heterocycles. The van der Waals surface area contributed by atoms with Crippen molar-refractivity contribution in [1.82, 2.24) is 0 Å². The first kappa shape index (κ1) is 9.75. The molecule has 3 N–H and O–H groups in total. The molecule has 1 aromatic carbocycles. The van der Waals surface area contributed by atoms with E-state index >= 15 is 0 Å². The summed E-state index contributed by atoms with van der Waals surface area (Å²) in [5.74, 6) is 6.05. The fourth-order valence-electron chi connectivity index (χ4n) is 1.54. The van der Waals surface area contributed by atoms with Crippen LogP contribution in [0.1, 0.15) is 17.5 Å². The maximum absolute atomic E-state index is 11.1. The summed E-state index contributed by atoms with van der Waals surface area (Å²) in [6.45, 7) is 0.581. The van der Waals surface area contributed by atoms with Crippen molar-refractivity contribution in [2.75, 3.05) is 11.9 Å². The van der Waals surface area contributed by atoms with Crippen molar-refractivity contribution in [3.63, 3.8) is 0 Å². The number of rotatable bonds is 1. The van der Waals surface area contributed by atoms with Gasteiger partial charge in [0, 0.05) is 24.2 Å². The number of anilines is 1. The Balaban J connectivity index is 2.21. The second-order valence-corrected chi connectivity index (χ2v) is 3.44. The van der Waals surface area contributed by atoms with Crippen molar-refractivity contribution in [2.45, 2.75) is 12.8 Å². The summed E-state index contributed by atoms with van der Waals surface area (Å²) in [6, 6.07) is 5.76. The summed E-state index contributed by atoms with van der Waals surface area (Å²) in [4.78, 5) is 11.1. The van der Waals surface area contributed by atoms with Crippen molar-refractivity contribution in [2.24, 2.45) is 5.73 Å². The van der Waals surface area contributed by atoms with Crippen LogP contribution in [0.25, 0.3) is 0 Å². The molecule has 1 aliphatic heterocycles. The van der Waals surface area contributed by atoms with Gasteiger partial charge in [0.15, 0.2) is 0 Å². The lowest BCUT2D eigenvalue weighted by Gasteiger charge is -1.97. The molecular weight excluding hydrogens is 188 g/mol. The lowest BCUT2D eigenvalue weighted by Crippen LogP contribution is -2.03. The molecule has 15 heavy (non-hydrogen) atoms. The number of amides is 1. The molecule has 0 fully saturated rings. The zero-order chi connectivity index (χ0) is 10.7. The highest BCUT2D eigenvalue weighted by Crippen LogP contribution is 2.23. The molecule has 76 valence electrons. The van der Waals surface area contributed by atoms with Crippen molar-refractivity contribution >= 4 is 11.6 Å². The third kappa shape index (κ3) is 2.17. The van der Waals surface area contributed by atoms with Crippen LogP contribution in [0.15, 0.2) is 18.2 Å². The zero-order valence-corrected chi connectivity index (χ0v) is 8.34. The maximum atomic E-state index is 11.1. The molecule has 1 aliphatic rings. The van der Waals surface area contributed by atoms with E-state index in [2.05, 4.69) is 17.2 Å². The van der Waals surface area contributed by atoms with Crippen LogP contribution in [0.3, 0.4) is 0 Å². The first-order valence-corrected chi connectivity index (χ1v) is 4.91. The van der Waals surface area contributed by atoms with Crippen LogP contribution in [-0.4, -0.2) is 12.5 Å². The molecule has 0 atom stereocenters. The van der Waals surface area contributed by atoms with Gasteiger partial charge in [0.05, 0.1) is 6.42 Å². The number of hydrogen-bond acceptors (Lipinski definition) is 2. The fourth-order valence-corrected chi connectivity index (χ4v) is 1.54. The normalized spacial score (nSPS) is 12.7. The maximum Gasteiger partial charge on any atom is 0.228 e. The van der Waals surface area contributed by atoms with Gasteiger partial charge in [0.2, 0.25) is 5.91 Å². The number of nitrogens with two attached hydrogens (primary N) is 1. The predicted molar refractivity (Wildman–Crippen MR) is 59.3 cm³/mol. The number of carbonyl (C=O) groups excluding carboxylic acids is 1. The van der Waals surface area contributed by atoms with E-state index in [9.17, 15) is 4.79 Å². The first-order chi connectivity index (χ1) is 7.29. The molecule has 0 unspecified atom stereocenters. The van der Waals surface area contributed by atoms with Crippen LogP contribution in [0, 0.1) is 11.8 Å². The van der Waals surface area contributed by atoms with E-state index in [0.717, 1.165) is 16.8 Å². The van der Waals surface area contributed by atoms with Crippen LogP contribution in [0.2, 0.25) is 0 Å². The minimum absolute atomic E-state index is 0.0528. The summed E-state index contributed by atoms with van der Waals surface area (Å²) in [7, 11) is 0. The minimum atomic E-state index is 0.0528. The van der Waals surface area contributed by atoms with Crippen molar-refractivity contribution < 1.29 is 4.79 Å². The van der Waals surface area contributed by atoms with Crippen LogP contribution < -0.4 is 11.1 Å². The lowest BCUT2D eigenvalue weighted by molar-refractivity contribution is -0.115. The number of fused-ring (bicyclic) bond motifs is 1. The lowest BCUT2D eigenvalue weighted by atomic mass is 10.1. The van der Waals surface area contributed by atoms with Gasteiger partial charge in [-0.3, -0.25) is 4.79 Å². The quantitative estimate of drug-likeness (QED) is 0.661. The zero-order valence-electron chi connectivity index (χ0n) is 8.34. The standard InChI is InChI=1S/C12H12N2O/c13-6-2-1-3-9-4-5-11-10(7-9)8-12(15)14-11/h4-5,7H,2,6,8,13H2,(H,14,15). The summed E-state index contributed by atoms with van der Waals surface area (Å²) in [5.41, 5.74) is 8.22. The van der Waals surface area contributed by atoms with E-state index in [1.165, 1.54) is 0 Å². The summed E-state index contributed by atoms with van der Waals surface area (Å²) in [5, 5.41) is 2.78. The molecule has 3 nitrogen and oxygen atoms in total. The van der Waals surface area contributed by atoms with Crippen molar-refractivity contribution in [3.8, 4) is 11.8 Å². The largest absolute Gasteiger partial charge is 0.330 e. The van der Waals surface area contributed by atoms with Crippen molar-refractivity contribution in [3.05, 3.63) is 29.3 Å². The van der Waals surface area contributed by atoms with Crippen LogP contribution >= 0.6 is 0 Å². The van der Waals surface area contributed by atoms with E-state index < -0.39 is 0 Å². The Hall–Kier alpha value is -1.79. The molecule has 1 aromatic rings. The average molecular weight is 200 g/mol. The van der Waals surface area contributed by atoms with Gasteiger partial charge in [0.1, 0.15) is 0 Å². The third-order valence-electron chi connectivity index (χ3n) is 2.23. The number of carbonyl (C=O) groups is 1. The minimum Gasteiger partial charge on any atom is -0.330 e. The Kier molecular flexibility index (Phi) is 2.70. The van der Waals surface area contributed by atoms with Gasteiger partial charge in [-0.25, -0.2) is 0 Å². The SMILES string of the molecule is NCCC#Cc1ccc2c(c1)CC(=O)N2. The molecule has 1 amide bonds.